The van der Waals surface area contributed by atoms with E-state index in [4.69, 9.17) is 0 Å². The van der Waals surface area contributed by atoms with Crippen molar-refractivity contribution in [2.75, 3.05) is 0 Å². The molecule has 0 saturated heterocycles. The second-order valence-corrected chi connectivity index (χ2v) is 5.78. The number of hydrogen-bond donors (Lipinski definition) is 1. The van der Waals surface area contributed by atoms with Gasteiger partial charge in [0.05, 0.1) is 5.60 Å². The molecule has 0 aliphatic heterocycles. The Kier molecular flexibility index (Phi) is 3.77. The van der Waals surface area contributed by atoms with Gasteiger partial charge < -0.3 is 5.11 Å². The minimum absolute atomic E-state index is 0.0748. The second kappa shape index (κ2) is 5.57. The zero-order chi connectivity index (χ0) is 14.9. The summed E-state index contributed by atoms with van der Waals surface area (Å²) in [5.41, 5.74) is 1.76. The van der Waals surface area contributed by atoms with Gasteiger partial charge in [-0.1, -0.05) is 25.1 Å². The number of pyridine rings is 1. The van der Waals surface area contributed by atoms with E-state index in [0.717, 1.165) is 25.0 Å². The Balaban J connectivity index is 2.08. The van der Waals surface area contributed by atoms with E-state index in [1.807, 2.05) is 19.1 Å². The lowest BCUT2D eigenvalue weighted by atomic mass is 9.71. The number of benzene rings is 1. The Bertz CT molecular complexity index is 643. The van der Waals surface area contributed by atoms with E-state index in [1.165, 1.54) is 17.7 Å². The van der Waals surface area contributed by atoms with Gasteiger partial charge in [0.25, 0.3) is 0 Å². The highest BCUT2D eigenvalue weighted by Crippen LogP contribution is 2.45. The number of aliphatic hydroxyl groups is 1. The van der Waals surface area contributed by atoms with Gasteiger partial charge in [-0.3, -0.25) is 4.98 Å². The first kappa shape index (κ1) is 14.2. The molecular weight excluding hydrogens is 265 g/mol. The van der Waals surface area contributed by atoms with Crippen LogP contribution in [0.3, 0.4) is 0 Å². The molecule has 0 amide bonds. The maximum absolute atomic E-state index is 13.6. The highest BCUT2D eigenvalue weighted by Gasteiger charge is 2.40. The molecule has 0 bridgehead atoms. The molecule has 1 N–H and O–H groups in total. The molecule has 2 aromatic rings. The third kappa shape index (κ3) is 2.46. The van der Waals surface area contributed by atoms with Crippen LogP contribution in [-0.2, 0) is 12.0 Å². The number of hydrogen-bond acceptors (Lipinski definition) is 2. The quantitative estimate of drug-likeness (QED) is 0.926. The average Bonchev–Trinajstić information content (AvgIpc) is 2.53. The van der Waals surface area contributed by atoms with Crippen LogP contribution in [0.25, 0.3) is 0 Å². The number of aromatic nitrogens is 1. The Hall–Kier alpha value is -1.74. The van der Waals surface area contributed by atoms with Crippen LogP contribution >= 0.6 is 0 Å². The monoisotopic (exact) mass is 285 g/mol. The van der Waals surface area contributed by atoms with Gasteiger partial charge >= 0.3 is 0 Å². The zero-order valence-corrected chi connectivity index (χ0v) is 12.2. The smallest absolute Gasteiger partial charge is 0.123 e. The van der Waals surface area contributed by atoms with Gasteiger partial charge in [0.2, 0.25) is 0 Å². The third-order valence-electron chi connectivity index (χ3n) is 4.64. The molecule has 21 heavy (non-hydrogen) atoms. The van der Waals surface area contributed by atoms with E-state index in [0.29, 0.717) is 12.0 Å². The molecule has 3 heteroatoms. The molecule has 0 saturated carbocycles. The van der Waals surface area contributed by atoms with Crippen LogP contribution in [-0.4, -0.2) is 10.1 Å². The van der Waals surface area contributed by atoms with Crippen molar-refractivity contribution in [1.82, 2.24) is 4.98 Å². The van der Waals surface area contributed by atoms with Crippen LogP contribution in [0.4, 0.5) is 4.39 Å². The van der Waals surface area contributed by atoms with Crippen LogP contribution < -0.4 is 0 Å². The Morgan fingerprint density at radius 1 is 1.33 bits per heavy atom. The maximum atomic E-state index is 13.6. The van der Waals surface area contributed by atoms with Crippen molar-refractivity contribution in [3.05, 3.63) is 65.2 Å². The lowest BCUT2D eigenvalue weighted by Gasteiger charge is -2.38. The molecule has 1 heterocycles. The second-order valence-electron chi connectivity index (χ2n) is 5.78. The van der Waals surface area contributed by atoms with Crippen molar-refractivity contribution >= 4 is 0 Å². The molecule has 1 aliphatic rings. The van der Waals surface area contributed by atoms with E-state index >= 15 is 0 Å². The number of rotatable bonds is 3. The minimum atomic E-state index is -1.06. The van der Waals surface area contributed by atoms with Gasteiger partial charge in [0, 0.05) is 17.8 Å². The average molecular weight is 285 g/mol. The van der Waals surface area contributed by atoms with Crippen molar-refractivity contribution in [3.8, 4) is 0 Å². The Labute approximate surface area is 124 Å². The van der Waals surface area contributed by atoms with E-state index in [2.05, 4.69) is 11.1 Å². The van der Waals surface area contributed by atoms with Crippen LogP contribution in [0.15, 0.2) is 42.6 Å². The summed E-state index contributed by atoms with van der Waals surface area (Å²) in [5.74, 6) is -0.384. The highest BCUT2D eigenvalue weighted by molar-refractivity contribution is 5.34. The number of aryl methyl sites for hydroxylation is 1. The van der Waals surface area contributed by atoms with Gasteiger partial charge in [-0.15, -0.1) is 0 Å². The summed E-state index contributed by atoms with van der Waals surface area (Å²) in [7, 11) is 0. The fraction of sp³-hybridized carbons (Fsp3) is 0.389. The van der Waals surface area contributed by atoms with E-state index in [9.17, 15) is 9.50 Å². The van der Waals surface area contributed by atoms with Gasteiger partial charge in [0.1, 0.15) is 5.82 Å². The maximum Gasteiger partial charge on any atom is 0.123 e. The highest BCUT2D eigenvalue weighted by atomic mass is 19.1. The summed E-state index contributed by atoms with van der Waals surface area (Å²) in [6.45, 7) is 1.95. The van der Waals surface area contributed by atoms with Gasteiger partial charge in [-0.05, 0) is 55.0 Å². The Morgan fingerprint density at radius 2 is 2.19 bits per heavy atom. The molecule has 1 aliphatic carbocycles. The first-order chi connectivity index (χ1) is 10.1. The summed E-state index contributed by atoms with van der Waals surface area (Å²) >= 11 is 0. The topological polar surface area (TPSA) is 33.1 Å². The lowest BCUT2D eigenvalue weighted by Crippen LogP contribution is -2.35. The molecular formula is C18H20FNO. The van der Waals surface area contributed by atoms with E-state index < -0.39 is 5.60 Å². The van der Waals surface area contributed by atoms with Crippen LogP contribution in [0.5, 0.6) is 0 Å². The molecule has 1 aromatic carbocycles. The molecule has 2 atom stereocenters. The summed E-state index contributed by atoms with van der Waals surface area (Å²) in [6.07, 6.45) is 5.23. The van der Waals surface area contributed by atoms with Crippen LogP contribution in [0.2, 0.25) is 0 Å². The van der Waals surface area contributed by atoms with Gasteiger partial charge in [-0.2, -0.15) is 0 Å². The minimum Gasteiger partial charge on any atom is -0.384 e. The SMILES string of the molecule is CCC(O)(c1cccc(F)c1)C1CCCc2cccnc21. The summed E-state index contributed by atoms with van der Waals surface area (Å²) in [6, 6.07) is 10.3. The van der Waals surface area contributed by atoms with Crippen molar-refractivity contribution in [3.63, 3.8) is 0 Å². The van der Waals surface area contributed by atoms with Crippen LogP contribution in [0, 0.1) is 5.82 Å². The van der Waals surface area contributed by atoms with Crippen molar-refractivity contribution in [2.45, 2.75) is 44.1 Å². The fourth-order valence-corrected chi connectivity index (χ4v) is 3.48. The summed E-state index contributed by atoms with van der Waals surface area (Å²) in [4.78, 5) is 4.51. The normalized spacial score (nSPS) is 20.6. The molecule has 110 valence electrons. The first-order valence-electron chi connectivity index (χ1n) is 7.57. The van der Waals surface area contributed by atoms with Crippen molar-refractivity contribution in [2.24, 2.45) is 0 Å². The fourth-order valence-electron chi connectivity index (χ4n) is 3.48. The molecule has 0 radical (unpaired) electrons. The van der Waals surface area contributed by atoms with Crippen molar-refractivity contribution < 1.29 is 9.50 Å². The molecule has 1 aromatic heterocycles. The largest absolute Gasteiger partial charge is 0.384 e. The van der Waals surface area contributed by atoms with Crippen LogP contribution in [0.1, 0.15) is 48.9 Å². The summed E-state index contributed by atoms with van der Waals surface area (Å²) < 4.78 is 13.6. The molecule has 0 spiro atoms. The number of nitrogens with zero attached hydrogens (tertiary/aromatic N) is 1. The lowest BCUT2D eigenvalue weighted by molar-refractivity contribution is -0.00429. The summed E-state index contributed by atoms with van der Waals surface area (Å²) in [5, 5.41) is 11.3. The molecule has 3 rings (SSSR count). The van der Waals surface area contributed by atoms with Gasteiger partial charge in [0.15, 0.2) is 0 Å². The molecule has 2 unspecified atom stereocenters. The van der Waals surface area contributed by atoms with Crippen molar-refractivity contribution in [1.29, 1.82) is 0 Å². The number of fused-ring (bicyclic) bond motifs is 1. The standard InChI is InChI=1S/C18H20FNO/c1-2-18(21,14-8-4-9-15(19)12-14)16-10-3-6-13-7-5-11-20-17(13)16/h4-5,7-9,11-12,16,21H,2-3,6,10H2,1H3. The predicted octanol–water partition coefficient (Wildman–Crippen LogP) is 3.94. The van der Waals surface area contributed by atoms with Gasteiger partial charge in [-0.25, -0.2) is 4.39 Å². The van der Waals surface area contributed by atoms with E-state index in [1.54, 1.807) is 12.3 Å². The molecule has 2 nitrogen and oxygen atoms in total. The first-order valence-corrected chi connectivity index (χ1v) is 7.57. The van der Waals surface area contributed by atoms with E-state index in [-0.39, 0.29) is 11.7 Å². The number of halogens is 1. The third-order valence-corrected chi connectivity index (χ3v) is 4.64. The zero-order valence-electron chi connectivity index (χ0n) is 12.2. The predicted molar refractivity (Wildman–Crippen MR) is 80.5 cm³/mol. The Morgan fingerprint density at radius 3 is 2.95 bits per heavy atom. The molecule has 0 fully saturated rings.